The lowest BCUT2D eigenvalue weighted by atomic mass is 9.97. The summed E-state index contributed by atoms with van der Waals surface area (Å²) in [6.45, 7) is 5.96. The second-order valence-electron chi connectivity index (χ2n) is 8.22. The predicted octanol–water partition coefficient (Wildman–Crippen LogP) is 2.77. The molecule has 1 aliphatic heterocycles. The van der Waals surface area contributed by atoms with Crippen molar-refractivity contribution >= 4 is 21.6 Å². The number of aryl methyl sites for hydroxylation is 3. The van der Waals surface area contributed by atoms with Crippen LogP contribution in [0.1, 0.15) is 29.8 Å². The maximum atomic E-state index is 14.3. The van der Waals surface area contributed by atoms with Crippen LogP contribution in [-0.2, 0) is 14.8 Å². The van der Waals surface area contributed by atoms with Gasteiger partial charge in [-0.15, -0.1) is 5.10 Å². The SMILES string of the molecule is Cc1ccc(S(=O)(=O)N2CCC(C(=O)Nc3cc(-n4nnnc4C)ccc3F)CC2)cc1C. The maximum absolute atomic E-state index is 14.3. The molecule has 1 aliphatic rings. The number of piperidine rings is 1. The highest BCUT2D eigenvalue weighted by Crippen LogP contribution is 2.27. The van der Waals surface area contributed by atoms with Gasteiger partial charge in [0, 0.05) is 19.0 Å². The van der Waals surface area contributed by atoms with Gasteiger partial charge in [-0.1, -0.05) is 6.07 Å². The predicted molar refractivity (Wildman–Crippen MR) is 120 cm³/mol. The molecule has 1 aromatic heterocycles. The van der Waals surface area contributed by atoms with E-state index >= 15 is 0 Å². The Labute approximate surface area is 191 Å². The molecule has 2 aromatic carbocycles. The second kappa shape index (κ2) is 8.99. The van der Waals surface area contributed by atoms with Crippen LogP contribution in [0.25, 0.3) is 5.69 Å². The van der Waals surface area contributed by atoms with Crippen LogP contribution in [-0.4, -0.2) is 51.9 Å². The summed E-state index contributed by atoms with van der Waals surface area (Å²) < 4.78 is 43.2. The Hall–Kier alpha value is -3.18. The Morgan fingerprint density at radius 2 is 1.79 bits per heavy atom. The van der Waals surface area contributed by atoms with E-state index in [0.717, 1.165) is 11.1 Å². The van der Waals surface area contributed by atoms with Gasteiger partial charge in [0.25, 0.3) is 0 Å². The van der Waals surface area contributed by atoms with Crippen LogP contribution in [0.5, 0.6) is 0 Å². The van der Waals surface area contributed by atoms with Crippen molar-refractivity contribution in [3.05, 3.63) is 59.2 Å². The topological polar surface area (TPSA) is 110 Å². The number of halogens is 1. The average molecular weight is 473 g/mol. The number of sulfonamides is 1. The molecule has 11 heteroatoms. The normalized spacial score (nSPS) is 15.5. The van der Waals surface area contributed by atoms with Gasteiger partial charge >= 0.3 is 0 Å². The molecular weight excluding hydrogens is 447 g/mol. The minimum absolute atomic E-state index is 0.0255. The van der Waals surface area contributed by atoms with E-state index in [1.54, 1.807) is 25.1 Å². The standard InChI is InChI=1S/C22H25FN6O3S/c1-14-4-6-19(12-15(14)2)33(31,32)28-10-8-17(9-11-28)22(30)24-21-13-18(5-7-20(21)23)29-16(3)25-26-27-29/h4-7,12-13,17H,8-11H2,1-3H3,(H,24,30). The molecule has 174 valence electrons. The van der Waals surface area contributed by atoms with Gasteiger partial charge in [-0.25, -0.2) is 12.8 Å². The molecule has 0 bridgehead atoms. The number of nitrogens with zero attached hydrogens (tertiary/aromatic N) is 5. The number of hydrogen-bond donors (Lipinski definition) is 1. The van der Waals surface area contributed by atoms with Crippen molar-refractivity contribution < 1.29 is 17.6 Å². The fourth-order valence-electron chi connectivity index (χ4n) is 3.83. The smallest absolute Gasteiger partial charge is 0.243 e. The van der Waals surface area contributed by atoms with Crippen LogP contribution in [0.2, 0.25) is 0 Å². The summed E-state index contributed by atoms with van der Waals surface area (Å²) in [5.41, 5.74) is 2.48. The third-order valence-electron chi connectivity index (χ3n) is 6.02. The van der Waals surface area contributed by atoms with Gasteiger partial charge in [-0.05, 0) is 85.5 Å². The van der Waals surface area contributed by atoms with Gasteiger partial charge in [0.05, 0.1) is 16.3 Å². The summed E-state index contributed by atoms with van der Waals surface area (Å²) in [7, 11) is -3.63. The van der Waals surface area contributed by atoms with E-state index in [1.807, 2.05) is 13.8 Å². The van der Waals surface area contributed by atoms with E-state index in [0.29, 0.717) is 24.4 Å². The molecular formula is C22H25FN6O3S. The lowest BCUT2D eigenvalue weighted by molar-refractivity contribution is -0.120. The minimum Gasteiger partial charge on any atom is -0.323 e. The lowest BCUT2D eigenvalue weighted by Gasteiger charge is -2.30. The molecule has 0 unspecified atom stereocenters. The third kappa shape index (κ3) is 4.64. The Balaban J connectivity index is 1.43. The number of rotatable bonds is 5. The highest BCUT2D eigenvalue weighted by Gasteiger charge is 2.32. The molecule has 2 heterocycles. The van der Waals surface area contributed by atoms with Crippen LogP contribution >= 0.6 is 0 Å². The molecule has 0 atom stereocenters. The zero-order chi connectivity index (χ0) is 23.8. The quantitative estimate of drug-likeness (QED) is 0.611. The summed E-state index contributed by atoms with van der Waals surface area (Å²) in [6, 6.07) is 9.30. The number of carbonyl (C=O) groups is 1. The van der Waals surface area contributed by atoms with E-state index in [4.69, 9.17) is 0 Å². The fraction of sp³-hybridized carbons (Fsp3) is 0.364. The zero-order valence-corrected chi connectivity index (χ0v) is 19.4. The van der Waals surface area contributed by atoms with Crippen LogP contribution < -0.4 is 5.32 Å². The highest BCUT2D eigenvalue weighted by molar-refractivity contribution is 7.89. The van der Waals surface area contributed by atoms with Gasteiger partial charge in [-0.3, -0.25) is 4.79 Å². The monoisotopic (exact) mass is 472 g/mol. The van der Waals surface area contributed by atoms with Gasteiger partial charge in [0.1, 0.15) is 5.82 Å². The van der Waals surface area contributed by atoms with E-state index in [-0.39, 0.29) is 29.6 Å². The first-order chi connectivity index (χ1) is 15.7. The van der Waals surface area contributed by atoms with E-state index < -0.39 is 21.8 Å². The summed E-state index contributed by atoms with van der Waals surface area (Å²) in [4.78, 5) is 13.1. The third-order valence-corrected chi connectivity index (χ3v) is 7.91. The number of amides is 1. The molecule has 0 saturated carbocycles. The number of aromatic nitrogens is 4. The molecule has 33 heavy (non-hydrogen) atoms. The molecule has 0 aliphatic carbocycles. The molecule has 4 rings (SSSR count). The summed E-state index contributed by atoms with van der Waals surface area (Å²) in [6.07, 6.45) is 0.701. The first-order valence-electron chi connectivity index (χ1n) is 10.6. The van der Waals surface area contributed by atoms with Crippen molar-refractivity contribution in [1.82, 2.24) is 24.5 Å². The molecule has 9 nitrogen and oxygen atoms in total. The molecule has 1 saturated heterocycles. The summed E-state index contributed by atoms with van der Waals surface area (Å²) >= 11 is 0. The number of tetrazole rings is 1. The van der Waals surface area contributed by atoms with E-state index in [9.17, 15) is 17.6 Å². The van der Waals surface area contributed by atoms with Crippen LogP contribution in [0.3, 0.4) is 0 Å². The largest absolute Gasteiger partial charge is 0.323 e. The summed E-state index contributed by atoms with van der Waals surface area (Å²) in [5, 5.41) is 13.9. The fourth-order valence-corrected chi connectivity index (χ4v) is 5.38. The number of anilines is 1. The maximum Gasteiger partial charge on any atom is 0.243 e. The molecule has 0 radical (unpaired) electrons. The Bertz CT molecular complexity index is 1300. The molecule has 1 N–H and O–H groups in total. The lowest BCUT2D eigenvalue weighted by Crippen LogP contribution is -2.41. The van der Waals surface area contributed by atoms with E-state index in [1.165, 1.54) is 27.2 Å². The van der Waals surface area contributed by atoms with Crippen molar-refractivity contribution in [3.63, 3.8) is 0 Å². The number of carbonyl (C=O) groups excluding carboxylic acids is 1. The Morgan fingerprint density at radius 1 is 1.06 bits per heavy atom. The summed E-state index contributed by atoms with van der Waals surface area (Å²) in [5.74, 6) is -0.819. The van der Waals surface area contributed by atoms with Crippen molar-refractivity contribution in [2.24, 2.45) is 5.92 Å². The van der Waals surface area contributed by atoms with Crippen molar-refractivity contribution in [1.29, 1.82) is 0 Å². The van der Waals surface area contributed by atoms with E-state index in [2.05, 4.69) is 20.8 Å². The van der Waals surface area contributed by atoms with Gasteiger partial charge in [-0.2, -0.15) is 8.99 Å². The van der Waals surface area contributed by atoms with Crippen LogP contribution in [0.15, 0.2) is 41.3 Å². The van der Waals surface area contributed by atoms with Crippen molar-refractivity contribution in [2.75, 3.05) is 18.4 Å². The first-order valence-corrected chi connectivity index (χ1v) is 12.0. The molecule has 1 amide bonds. The zero-order valence-electron chi connectivity index (χ0n) is 18.6. The minimum atomic E-state index is -3.63. The average Bonchev–Trinajstić information content (AvgIpc) is 3.23. The number of hydrogen-bond acceptors (Lipinski definition) is 6. The number of nitrogens with one attached hydrogen (secondary N) is 1. The van der Waals surface area contributed by atoms with Gasteiger partial charge in [0.15, 0.2) is 5.82 Å². The van der Waals surface area contributed by atoms with Crippen molar-refractivity contribution in [3.8, 4) is 5.69 Å². The second-order valence-corrected chi connectivity index (χ2v) is 10.2. The first kappa shape index (κ1) is 23.0. The Morgan fingerprint density at radius 3 is 2.42 bits per heavy atom. The van der Waals surface area contributed by atoms with Crippen molar-refractivity contribution in [2.45, 2.75) is 38.5 Å². The molecule has 3 aromatic rings. The van der Waals surface area contributed by atoms with Gasteiger partial charge in [0.2, 0.25) is 15.9 Å². The number of benzene rings is 2. The highest BCUT2D eigenvalue weighted by atomic mass is 32.2. The molecule has 0 spiro atoms. The molecule has 1 fully saturated rings. The van der Waals surface area contributed by atoms with Gasteiger partial charge < -0.3 is 5.32 Å². The van der Waals surface area contributed by atoms with Crippen LogP contribution in [0, 0.1) is 32.5 Å². The van der Waals surface area contributed by atoms with Crippen LogP contribution in [0.4, 0.5) is 10.1 Å². The Kier molecular flexibility index (Phi) is 6.26.